The van der Waals surface area contributed by atoms with Crippen molar-refractivity contribution in [3.05, 3.63) is 35.4 Å². The molecule has 0 N–H and O–H groups in total. The average Bonchev–Trinajstić information content (AvgIpc) is 2.34. The Kier molecular flexibility index (Phi) is 6.88. The van der Waals surface area contributed by atoms with E-state index in [1.54, 1.807) is 0 Å². The molecule has 0 aliphatic carbocycles. The summed E-state index contributed by atoms with van der Waals surface area (Å²) in [5.41, 5.74) is 1.98. The van der Waals surface area contributed by atoms with E-state index >= 15 is 0 Å². The molecule has 0 atom stereocenters. The Hall–Kier alpha value is 0.710. The normalized spacial score (nSPS) is 10.4. The Labute approximate surface area is 159 Å². The molecule has 0 nitrogen and oxygen atoms in total. The van der Waals surface area contributed by atoms with Crippen LogP contribution in [-0.2, 0) is 0 Å². The number of rotatable bonds is 2. The topological polar surface area (TPSA) is 0 Å². The minimum absolute atomic E-state index is 0.849. The molecule has 0 aliphatic rings. The molecule has 0 heterocycles. The molecular formula is C14H12PS6+. The van der Waals surface area contributed by atoms with Crippen LogP contribution in [0.25, 0.3) is 0 Å². The van der Waals surface area contributed by atoms with Gasteiger partial charge in [0.1, 0.15) is 0 Å². The molecule has 7 heteroatoms. The van der Waals surface area contributed by atoms with E-state index in [4.69, 9.17) is 0 Å². The van der Waals surface area contributed by atoms with Gasteiger partial charge in [-0.25, -0.2) is 0 Å². The fourth-order valence-corrected chi connectivity index (χ4v) is 5.40. The summed E-state index contributed by atoms with van der Waals surface area (Å²) in [6.45, 7) is 0. The van der Waals surface area contributed by atoms with Crippen molar-refractivity contribution < 1.29 is 0 Å². The fourth-order valence-electron chi connectivity index (χ4n) is 1.67. The van der Waals surface area contributed by atoms with Crippen LogP contribution in [0.2, 0.25) is 0 Å². The Bertz CT molecular complexity index is 655. The number of thiol groups is 6. The van der Waals surface area contributed by atoms with Crippen molar-refractivity contribution in [3.63, 3.8) is 0 Å². The van der Waals surface area contributed by atoms with Gasteiger partial charge in [-0.3, -0.25) is 0 Å². The summed E-state index contributed by atoms with van der Waals surface area (Å²) in [5, 5.41) is 0. The average molecular weight is 404 g/mol. The van der Waals surface area contributed by atoms with Crippen LogP contribution in [0.15, 0.2) is 53.6 Å². The van der Waals surface area contributed by atoms with Gasteiger partial charge in [-0.1, -0.05) is 0 Å². The second-order valence-electron chi connectivity index (χ2n) is 4.20. The molecule has 0 unspecified atom stereocenters. The van der Waals surface area contributed by atoms with Crippen LogP contribution in [0.4, 0.5) is 0 Å². The second kappa shape index (κ2) is 8.00. The minimum atomic E-state index is 0.849. The van der Waals surface area contributed by atoms with Gasteiger partial charge in [-0.15, -0.1) is 0 Å². The van der Waals surface area contributed by atoms with Crippen molar-refractivity contribution in [2.75, 3.05) is 0 Å². The SMILES string of the molecule is Sc1cc(S)c(C=[P+]=Cc2c(S)cc(S)cc2S)c(S)c1. The summed E-state index contributed by atoms with van der Waals surface area (Å²) in [7, 11) is 1.00. The van der Waals surface area contributed by atoms with E-state index < -0.39 is 0 Å². The van der Waals surface area contributed by atoms with E-state index in [-0.39, 0.29) is 0 Å². The summed E-state index contributed by atoms with van der Waals surface area (Å²) in [5.74, 6) is 4.10. The summed E-state index contributed by atoms with van der Waals surface area (Å²) >= 11 is 26.5. The van der Waals surface area contributed by atoms with Crippen LogP contribution in [0.5, 0.6) is 0 Å². The molecule has 0 saturated heterocycles. The van der Waals surface area contributed by atoms with E-state index in [0.717, 1.165) is 48.3 Å². The predicted octanol–water partition coefficient (Wildman–Crippen LogP) is 5.37. The molecule has 0 fully saturated rings. The molecule has 0 spiro atoms. The van der Waals surface area contributed by atoms with E-state index in [1.807, 2.05) is 35.9 Å². The first-order chi connectivity index (χ1) is 9.88. The third-order valence-corrected chi connectivity index (χ3v) is 5.46. The summed E-state index contributed by atoms with van der Waals surface area (Å²) in [6, 6.07) is 7.60. The first-order valence-electron chi connectivity index (χ1n) is 5.74. The zero-order chi connectivity index (χ0) is 15.6. The van der Waals surface area contributed by atoms with E-state index in [0.29, 0.717) is 0 Å². The molecule has 0 aliphatic heterocycles. The van der Waals surface area contributed by atoms with Crippen molar-refractivity contribution in [2.24, 2.45) is 0 Å². The Balaban J connectivity index is 2.43. The van der Waals surface area contributed by atoms with Gasteiger partial charge in [0.15, 0.2) is 0 Å². The molecule has 0 aromatic heterocycles. The Morgan fingerprint density at radius 3 is 1.14 bits per heavy atom. The number of hydrogen-bond acceptors (Lipinski definition) is 6. The van der Waals surface area contributed by atoms with Crippen LogP contribution in [0.1, 0.15) is 11.1 Å². The standard InChI is InChI=1S/C14H11PS6/c16-7-1-11(18)9(12(19)2-7)5-15-6-10-13(20)3-8(17)4-14(10)21/h1-6H,(H5-,16,17,18,19,20,21)/p+1. The van der Waals surface area contributed by atoms with Gasteiger partial charge in [0.05, 0.1) is 0 Å². The van der Waals surface area contributed by atoms with Gasteiger partial charge >= 0.3 is 160 Å². The molecule has 2 aromatic carbocycles. The van der Waals surface area contributed by atoms with E-state index in [2.05, 4.69) is 75.8 Å². The first-order valence-corrected chi connectivity index (χ1v) is 9.46. The zero-order valence-corrected chi connectivity index (χ0v) is 16.9. The van der Waals surface area contributed by atoms with E-state index in [9.17, 15) is 0 Å². The van der Waals surface area contributed by atoms with Crippen LogP contribution in [0, 0.1) is 0 Å². The molecule has 108 valence electrons. The van der Waals surface area contributed by atoms with Gasteiger partial charge < -0.3 is 0 Å². The molecule has 21 heavy (non-hydrogen) atoms. The van der Waals surface area contributed by atoms with Gasteiger partial charge in [-0.05, 0) is 0 Å². The van der Waals surface area contributed by atoms with Crippen molar-refractivity contribution in [1.82, 2.24) is 0 Å². The zero-order valence-electron chi connectivity index (χ0n) is 10.6. The molecule has 2 aromatic rings. The summed E-state index contributed by atoms with van der Waals surface area (Å²) < 4.78 is 0. The summed E-state index contributed by atoms with van der Waals surface area (Å²) in [4.78, 5) is 5.13. The molecule has 0 amide bonds. The first kappa shape index (κ1) is 18.1. The third kappa shape index (κ3) is 4.84. The third-order valence-electron chi connectivity index (χ3n) is 2.65. The maximum absolute atomic E-state index is 4.46. The van der Waals surface area contributed by atoms with E-state index in [1.165, 1.54) is 0 Å². The molecule has 0 radical (unpaired) electrons. The number of hydrogen-bond donors (Lipinski definition) is 6. The van der Waals surface area contributed by atoms with Gasteiger partial charge in [0, 0.05) is 0 Å². The van der Waals surface area contributed by atoms with Crippen LogP contribution in [-0.4, -0.2) is 11.6 Å². The van der Waals surface area contributed by atoms with Gasteiger partial charge in [0.25, 0.3) is 0 Å². The molecule has 0 bridgehead atoms. The van der Waals surface area contributed by atoms with Gasteiger partial charge in [-0.2, -0.15) is 0 Å². The molecule has 0 saturated carbocycles. The van der Waals surface area contributed by atoms with Crippen molar-refractivity contribution in [3.8, 4) is 0 Å². The molecular weight excluding hydrogens is 392 g/mol. The van der Waals surface area contributed by atoms with Crippen molar-refractivity contribution in [2.45, 2.75) is 29.4 Å². The van der Waals surface area contributed by atoms with Crippen molar-refractivity contribution >= 4 is 95.2 Å². The Morgan fingerprint density at radius 1 is 0.571 bits per heavy atom. The number of benzene rings is 2. The monoisotopic (exact) mass is 403 g/mol. The van der Waals surface area contributed by atoms with Crippen LogP contribution < -0.4 is 0 Å². The molecule has 2 rings (SSSR count). The van der Waals surface area contributed by atoms with Gasteiger partial charge in [0.2, 0.25) is 0 Å². The fraction of sp³-hybridized carbons (Fsp3) is 0. The van der Waals surface area contributed by atoms with Crippen molar-refractivity contribution in [1.29, 1.82) is 0 Å². The predicted molar refractivity (Wildman–Crippen MR) is 114 cm³/mol. The maximum atomic E-state index is 4.46. The van der Waals surface area contributed by atoms with Crippen LogP contribution >= 0.6 is 83.6 Å². The summed E-state index contributed by atoms with van der Waals surface area (Å²) in [6.07, 6.45) is 0. The Morgan fingerprint density at radius 2 is 0.857 bits per heavy atom. The second-order valence-corrected chi connectivity index (χ2v) is 7.98. The van der Waals surface area contributed by atoms with Crippen LogP contribution in [0.3, 0.4) is 0 Å². The quantitative estimate of drug-likeness (QED) is 0.282.